The monoisotopic (exact) mass is 423 g/mol. The third-order valence-electron chi connectivity index (χ3n) is 6.04. The minimum absolute atomic E-state index is 0.0819. The summed E-state index contributed by atoms with van der Waals surface area (Å²) < 4.78 is 23.5. The molecule has 1 aromatic carbocycles. The maximum atomic E-state index is 13.7. The van der Waals surface area contributed by atoms with Crippen LogP contribution < -0.4 is 15.0 Å². The maximum absolute atomic E-state index is 13.7. The van der Waals surface area contributed by atoms with Crippen molar-refractivity contribution in [3.63, 3.8) is 0 Å². The molecule has 0 saturated carbocycles. The molecule has 1 atom stereocenters. The van der Waals surface area contributed by atoms with Gasteiger partial charge < -0.3 is 28.6 Å². The number of carboxylic acids is 1. The average Bonchev–Trinajstić information content (AvgIpc) is 3.16. The normalized spacial score (nSPS) is 18.1. The molecule has 3 aliphatic rings. The first-order valence-electron chi connectivity index (χ1n) is 9.94. The Morgan fingerprint density at radius 2 is 1.94 bits per heavy atom. The fraction of sp³-hybridized carbons (Fsp3) is 0.304. The summed E-state index contributed by atoms with van der Waals surface area (Å²) in [7, 11) is 2.93. The zero-order valence-electron chi connectivity index (χ0n) is 17.4. The van der Waals surface area contributed by atoms with Crippen LogP contribution in [0.4, 0.5) is 0 Å². The van der Waals surface area contributed by atoms with Gasteiger partial charge in [-0.15, -0.1) is 0 Å². The van der Waals surface area contributed by atoms with Crippen LogP contribution in [0.1, 0.15) is 39.9 Å². The second-order valence-electron chi connectivity index (χ2n) is 7.64. The van der Waals surface area contributed by atoms with Gasteiger partial charge in [-0.25, -0.2) is 4.79 Å². The van der Waals surface area contributed by atoms with Crippen molar-refractivity contribution in [2.45, 2.75) is 25.8 Å². The van der Waals surface area contributed by atoms with E-state index >= 15 is 0 Å². The Balaban J connectivity index is 1.92. The number of pyridine rings is 1. The van der Waals surface area contributed by atoms with Crippen molar-refractivity contribution >= 4 is 11.7 Å². The summed E-state index contributed by atoms with van der Waals surface area (Å²) in [5.74, 6) is 0.322. The fourth-order valence-electron chi connectivity index (χ4n) is 4.66. The summed E-state index contributed by atoms with van der Waals surface area (Å²) in [5, 5.41) is 10.3. The summed E-state index contributed by atoms with van der Waals surface area (Å²) >= 11 is 0. The second-order valence-corrected chi connectivity index (χ2v) is 7.64. The second kappa shape index (κ2) is 6.94. The molecule has 8 nitrogen and oxygen atoms in total. The highest BCUT2D eigenvalue weighted by Crippen LogP contribution is 2.44. The van der Waals surface area contributed by atoms with Gasteiger partial charge in [-0.2, -0.15) is 0 Å². The third-order valence-corrected chi connectivity index (χ3v) is 6.04. The van der Waals surface area contributed by atoms with Crippen LogP contribution in [0.5, 0.6) is 11.5 Å². The summed E-state index contributed by atoms with van der Waals surface area (Å²) in [6.45, 7) is 2.31. The lowest BCUT2D eigenvalue weighted by Gasteiger charge is -2.28. The number of ether oxygens (including phenoxy) is 4. The van der Waals surface area contributed by atoms with Crippen molar-refractivity contribution in [2.75, 3.05) is 21.0 Å². The van der Waals surface area contributed by atoms with Crippen LogP contribution in [0.3, 0.4) is 0 Å². The number of allylic oxidation sites excluding steroid dienone is 2. The van der Waals surface area contributed by atoms with Crippen LogP contribution in [0, 0.1) is 0 Å². The van der Waals surface area contributed by atoms with E-state index in [4.69, 9.17) is 18.9 Å². The topological polar surface area (TPSA) is 96.2 Å². The zero-order chi connectivity index (χ0) is 21.9. The van der Waals surface area contributed by atoms with E-state index in [9.17, 15) is 14.7 Å². The highest BCUT2D eigenvalue weighted by Gasteiger charge is 2.35. The number of aromatic carboxylic acids is 1. The first-order valence-corrected chi connectivity index (χ1v) is 9.94. The molecule has 0 radical (unpaired) electrons. The van der Waals surface area contributed by atoms with Crippen molar-refractivity contribution < 1.29 is 28.8 Å². The SMILES string of the molecule is COC1=C(OC)c2c(c(C(=O)O)c3n(c2=O)CCc2cc4c(cc2-3)OCO4)[C@@H](C)C=C1. The van der Waals surface area contributed by atoms with Gasteiger partial charge >= 0.3 is 5.97 Å². The number of carboxylic acid groups (broad SMARTS) is 1. The number of nitrogens with zero attached hydrogens (tertiary/aromatic N) is 1. The lowest BCUT2D eigenvalue weighted by molar-refractivity contribution is 0.0695. The van der Waals surface area contributed by atoms with Gasteiger partial charge in [-0.05, 0) is 35.8 Å². The van der Waals surface area contributed by atoms with Gasteiger partial charge in [0.1, 0.15) is 0 Å². The highest BCUT2D eigenvalue weighted by molar-refractivity contribution is 5.99. The van der Waals surface area contributed by atoms with E-state index < -0.39 is 5.97 Å². The molecule has 0 saturated heterocycles. The van der Waals surface area contributed by atoms with E-state index in [1.807, 2.05) is 19.1 Å². The number of aryl methyl sites for hydroxylation is 1. The van der Waals surface area contributed by atoms with Gasteiger partial charge in [0.15, 0.2) is 23.0 Å². The van der Waals surface area contributed by atoms with Gasteiger partial charge in [0.05, 0.1) is 31.0 Å². The van der Waals surface area contributed by atoms with E-state index in [0.29, 0.717) is 47.0 Å². The Morgan fingerprint density at radius 1 is 1.19 bits per heavy atom. The molecule has 5 rings (SSSR count). The Morgan fingerprint density at radius 3 is 2.61 bits per heavy atom. The lowest BCUT2D eigenvalue weighted by atomic mass is 9.85. The Hall–Kier alpha value is -3.68. The summed E-state index contributed by atoms with van der Waals surface area (Å²) in [5.41, 5.74) is 2.38. The molecule has 2 aromatic rings. The van der Waals surface area contributed by atoms with Crippen molar-refractivity contribution in [1.82, 2.24) is 4.57 Å². The number of rotatable bonds is 3. The highest BCUT2D eigenvalue weighted by atomic mass is 16.7. The Labute approximate surface area is 177 Å². The molecular weight excluding hydrogens is 402 g/mol. The minimum Gasteiger partial charge on any atom is -0.493 e. The molecule has 0 bridgehead atoms. The molecule has 0 amide bonds. The molecule has 8 heteroatoms. The predicted molar refractivity (Wildman–Crippen MR) is 111 cm³/mol. The zero-order valence-corrected chi connectivity index (χ0v) is 17.4. The largest absolute Gasteiger partial charge is 0.493 e. The lowest BCUT2D eigenvalue weighted by Crippen LogP contribution is -2.33. The van der Waals surface area contributed by atoms with Crippen LogP contribution in [0.25, 0.3) is 17.0 Å². The molecule has 2 aliphatic heterocycles. The Kier molecular flexibility index (Phi) is 4.32. The van der Waals surface area contributed by atoms with Crippen molar-refractivity contribution in [3.05, 3.63) is 62.7 Å². The number of hydrogen-bond acceptors (Lipinski definition) is 6. The van der Waals surface area contributed by atoms with Gasteiger partial charge in [0.2, 0.25) is 6.79 Å². The third kappa shape index (κ3) is 2.67. The van der Waals surface area contributed by atoms with Crippen LogP contribution in [0.2, 0.25) is 0 Å². The van der Waals surface area contributed by atoms with E-state index in [2.05, 4.69) is 0 Å². The number of benzene rings is 1. The Bertz CT molecular complexity index is 1250. The van der Waals surface area contributed by atoms with Gasteiger partial charge in [-0.1, -0.05) is 13.0 Å². The molecular formula is C23H21NO7. The fourth-order valence-corrected chi connectivity index (χ4v) is 4.66. The van der Waals surface area contributed by atoms with Crippen LogP contribution in [-0.4, -0.2) is 36.7 Å². The smallest absolute Gasteiger partial charge is 0.338 e. The van der Waals surface area contributed by atoms with Gasteiger partial charge in [0, 0.05) is 18.0 Å². The molecule has 0 unspecified atom stereocenters. The van der Waals surface area contributed by atoms with Crippen molar-refractivity contribution in [2.24, 2.45) is 0 Å². The standard InChI is InChI=1S/C23H21NO7/c1-11-4-5-14(28-2)21(29-3)19-17(11)18(23(26)27)20-13-9-16-15(30-10-31-16)8-12(13)6-7-24(20)22(19)25/h4-5,8-9,11H,6-7,10H2,1-3H3,(H,26,27)/t11-/m0/s1. The molecule has 1 aliphatic carbocycles. The first kappa shape index (κ1) is 19.3. The molecule has 1 N–H and O–H groups in total. The van der Waals surface area contributed by atoms with E-state index in [1.54, 1.807) is 12.1 Å². The van der Waals surface area contributed by atoms with Gasteiger partial charge in [-0.3, -0.25) is 4.79 Å². The van der Waals surface area contributed by atoms with Crippen molar-refractivity contribution in [1.29, 1.82) is 0 Å². The molecule has 0 fully saturated rings. The number of hydrogen-bond donors (Lipinski definition) is 1. The average molecular weight is 423 g/mol. The van der Waals surface area contributed by atoms with E-state index in [0.717, 1.165) is 5.56 Å². The molecule has 1 aromatic heterocycles. The summed E-state index contributed by atoms with van der Waals surface area (Å²) in [6, 6.07) is 3.64. The van der Waals surface area contributed by atoms with Crippen LogP contribution >= 0.6 is 0 Å². The van der Waals surface area contributed by atoms with E-state index in [-0.39, 0.29) is 35.2 Å². The van der Waals surface area contributed by atoms with Crippen LogP contribution in [-0.2, 0) is 22.4 Å². The maximum Gasteiger partial charge on any atom is 0.338 e. The van der Waals surface area contributed by atoms with E-state index in [1.165, 1.54) is 18.8 Å². The number of fused-ring (bicyclic) bond motifs is 5. The molecule has 0 spiro atoms. The summed E-state index contributed by atoms with van der Waals surface area (Å²) in [4.78, 5) is 26.3. The molecule has 31 heavy (non-hydrogen) atoms. The van der Waals surface area contributed by atoms with Gasteiger partial charge in [0.25, 0.3) is 5.56 Å². The van der Waals surface area contributed by atoms with Crippen molar-refractivity contribution in [3.8, 4) is 22.8 Å². The summed E-state index contributed by atoms with van der Waals surface area (Å²) in [6.07, 6.45) is 4.09. The minimum atomic E-state index is -1.11. The molecule has 160 valence electrons. The number of methoxy groups -OCH3 is 2. The predicted octanol–water partition coefficient (Wildman–Crippen LogP) is 3.13. The van der Waals surface area contributed by atoms with Crippen LogP contribution in [0.15, 0.2) is 34.8 Å². The number of aromatic nitrogens is 1. The quantitative estimate of drug-likeness (QED) is 0.810. The first-order chi connectivity index (χ1) is 15.0. The molecule has 3 heterocycles. The number of carbonyl (C=O) groups is 1.